The summed E-state index contributed by atoms with van der Waals surface area (Å²) >= 11 is 5.97. The molecule has 4 fully saturated rings. The van der Waals surface area contributed by atoms with Gasteiger partial charge in [-0.3, -0.25) is 14.4 Å². The number of hydrogen-bond donors (Lipinski definition) is 3. The Hall–Kier alpha value is -2.80. The monoisotopic (exact) mass is 590 g/mol. The number of benzene rings is 1. The van der Waals surface area contributed by atoms with Crippen LogP contribution in [0.1, 0.15) is 32.1 Å². The van der Waals surface area contributed by atoms with Gasteiger partial charge in [-0.15, -0.1) is 0 Å². The number of hydrogen-bond acceptors (Lipinski definition) is 6. The lowest BCUT2D eigenvalue weighted by molar-refractivity contribution is -0.193. The van der Waals surface area contributed by atoms with Crippen molar-refractivity contribution in [2.45, 2.75) is 56.2 Å². The van der Waals surface area contributed by atoms with Gasteiger partial charge in [-0.2, -0.15) is 4.39 Å². The quantitative estimate of drug-likeness (QED) is 0.406. The molecule has 0 unspecified atom stereocenters. The van der Waals surface area contributed by atoms with Crippen LogP contribution >= 0.6 is 11.6 Å². The van der Waals surface area contributed by atoms with Gasteiger partial charge in [-0.05, 0) is 50.0 Å². The minimum absolute atomic E-state index is 0.00446. The molecule has 2 bridgehead atoms. The number of carbonyl (C=O) groups excluding carboxylic acids is 3. The maximum Gasteiger partial charge on any atom is 0.255 e. The third-order valence-electron chi connectivity index (χ3n) is 7.48. The number of piperidine rings is 2. The van der Waals surface area contributed by atoms with Crippen LogP contribution in [0.5, 0.6) is 0 Å². The molecule has 5 atom stereocenters. The van der Waals surface area contributed by atoms with Gasteiger partial charge in [0.2, 0.25) is 32.7 Å². The SMILES string of the molecule is CS(=O)(=O)/C(F)=C\[C@H](C[C@H]1CCNC1=O)NC(=O)[C@@H]1[C@H]2CC[C@H](CC2(F)F)N1C(=O)CNc1cccc(Cl)c1. The molecule has 4 aliphatic rings. The second kappa shape index (κ2) is 11.4. The fraction of sp³-hybridized carbons (Fsp3) is 0.560. The average molecular weight is 591 g/mol. The molecular formula is C25H30ClF3N4O5S. The van der Waals surface area contributed by atoms with E-state index in [1.165, 1.54) is 0 Å². The van der Waals surface area contributed by atoms with Gasteiger partial charge >= 0.3 is 0 Å². The molecule has 1 aromatic rings. The zero-order chi connectivity index (χ0) is 28.5. The summed E-state index contributed by atoms with van der Waals surface area (Å²) in [6.07, 6.45) is 1.27. The summed E-state index contributed by atoms with van der Waals surface area (Å²) in [4.78, 5) is 40.1. The standard InChI is InChI=1S/C25H30ClF3N4O5S/c1-39(37,38)20(27)11-17(9-14-7-8-30-23(14)35)32-24(36)22-19-6-5-18(12-25(19,28)29)33(22)21(34)13-31-16-4-2-3-15(26)10-16/h2-4,10-11,14,17-19,22,31H,5-9,12-13H2,1H3,(H,30,35)(H,32,36)/b20-11-/t14-,17+,18-,19-,22+/m1/s1. The van der Waals surface area contributed by atoms with Crippen LogP contribution < -0.4 is 16.0 Å². The van der Waals surface area contributed by atoms with Crippen molar-refractivity contribution < 1.29 is 36.0 Å². The van der Waals surface area contributed by atoms with E-state index < -0.39 is 69.1 Å². The molecule has 3 saturated heterocycles. The van der Waals surface area contributed by atoms with Crippen LogP contribution in [0.3, 0.4) is 0 Å². The van der Waals surface area contributed by atoms with Crippen molar-refractivity contribution >= 4 is 44.8 Å². The second-order valence-corrected chi connectivity index (χ2v) is 12.7. The minimum Gasteiger partial charge on any atom is -0.376 e. The third-order valence-corrected chi connectivity index (χ3v) is 8.56. The number of fused-ring (bicyclic) bond motifs is 3. The summed E-state index contributed by atoms with van der Waals surface area (Å²) in [5, 5.41) is 6.88. The molecule has 214 valence electrons. The number of rotatable bonds is 9. The summed E-state index contributed by atoms with van der Waals surface area (Å²) in [5.74, 6) is -7.20. The Labute approximate surface area is 229 Å². The molecule has 0 spiro atoms. The molecule has 14 heteroatoms. The highest BCUT2D eigenvalue weighted by atomic mass is 35.5. The molecule has 3 N–H and O–H groups in total. The molecule has 3 amide bonds. The van der Waals surface area contributed by atoms with Gasteiger partial charge in [0, 0.05) is 41.9 Å². The first-order chi connectivity index (χ1) is 18.3. The van der Waals surface area contributed by atoms with E-state index in [9.17, 15) is 36.0 Å². The number of halogens is 4. The van der Waals surface area contributed by atoms with Crippen molar-refractivity contribution in [3.05, 3.63) is 40.5 Å². The number of sulfone groups is 1. The molecule has 0 aromatic heterocycles. The molecule has 1 saturated carbocycles. The molecule has 9 nitrogen and oxygen atoms in total. The second-order valence-electron chi connectivity index (χ2n) is 10.3. The number of nitrogens with zero attached hydrogens (tertiary/aromatic N) is 1. The summed E-state index contributed by atoms with van der Waals surface area (Å²) in [6.45, 7) is 0.0795. The fourth-order valence-corrected chi connectivity index (χ4v) is 6.23. The first kappa shape index (κ1) is 29.2. The van der Waals surface area contributed by atoms with Crippen LogP contribution in [0.4, 0.5) is 18.9 Å². The van der Waals surface area contributed by atoms with Gasteiger partial charge in [0.05, 0.1) is 18.5 Å². The van der Waals surface area contributed by atoms with Crippen molar-refractivity contribution in [2.75, 3.05) is 24.7 Å². The summed E-state index contributed by atoms with van der Waals surface area (Å²) in [6, 6.07) is 2.84. The molecule has 0 radical (unpaired) electrons. The Bertz CT molecular complexity index is 1280. The van der Waals surface area contributed by atoms with Crippen LogP contribution in [0.15, 0.2) is 35.5 Å². The van der Waals surface area contributed by atoms with Crippen molar-refractivity contribution in [3.8, 4) is 0 Å². The highest BCUT2D eigenvalue weighted by Crippen LogP contribution is 2.49. The van der Waals surface area contributed by atoms with Crippen molar-refractivity contribution in [3.63, 3.8) is 0 Å². The molecule has 5 rings (SSSR count). The summed E-state index contributed by atoms with van der Waals surface area (Å²) in [5.41, 5.74) is 0.528. The Morgan fingerprint density at radius 1 is 1.28 bits per heavy atom. The van der Waals surface area contributed by atoms with Crippen LogP contribution in [0.25, 0.3) is 0 Å². The van der Waals surface area contributed by atoms with E-state index in [0.717, 1.165) is 4.90 Å². The van der Waals surface area contributed by atoms with Crippen molar-refractivity contribution in [1.29, 1.82) is 0 Å². The summed E-state index contributed by atoms with van der Waals surface area (Å²) < 4.78 is 67.7. The van der Waals surface area contributed by atoms with Crippen LogP contribution in [0.2, 0.25) is 5.02 Å². The van der Waals surface area contributed by atoms with E-state index in [1.807, 2.05) is 0 Å². The molecule has 1 aromatic carbocycles. The third kappa shape index (κ3) is 6.68. The number of amides is 3. The largest absolute Gasteiger partial charge is 0.376 e. The molecule has 3 heterocycles. The van der Waals surface area contributed by atoms with E-state index in [0.29, 0.717) is 42.4 Å². The van der Waals surface area contributed by atoms with Gasteiger partial charge in [0.15, 0.2) is 0 Å². The lowest BCUT2D eigenvalue weighted by Gasteiger charge is -2.53. The number of carbonyl (C=O) groups is 3. The van der Waals surface area contributed by atoms with Crippen molar-refractivity contribution in [1.82, 2.24) is 15.5 Å². The van der Waals surface area contributed by atoms with E-state index >= 15 is 0 Å². The van der Waals surface area contributed by atoms with Gasteiger partial charge in [-0.1, -0.05) is 17.7 Å². The van der Waals surface area contributed by atoms with E-state index in [1.54, 1.807) is 24.3 Å². The van der Waals surface area contributed by atoms with Crippen LogP contribution in [-0.2, 0) is 24.2 Å². The number of anilines is 1. The molecule has 1 aliphatic carbocycles. The highest BCUT2D eigenvalue weighted by Gasteiger charge is 2.60. The predicted octanol–water partition coefficient (Wildman–Crippen LogP) is 2.63. The Morgan fingerprint density at radius 3 is 2.64 bits per heavy atom. The average Bonchev–Trinajstić information content (AvgIpc) is 3.25. The Kier molecular flexibility index (Phi) is 8.50. The fourth-order valence-electron chi connectivity index (χ4n) is 5.63. The lowest BCUT2D eigenvalue weighted by atomic mass is 9.71. The molecular weight excluding hydrogens is 561 g/mol. The molecule has 39 heavy (non-hydrogen) atoms. The zero-order valence-electron chi connectivity index (χ0n) is 21.1. The number of alkyl halides is 2. The van der Waals surface area contributed by atoms with E-state index in [2.05, 4.69) is 16.0 Å². The lowest BCUT2D eigenvalue weighted by Crippen LogP contribution is -2.69. The minimum atomic E-state index is -4.25. The van der Waals surface area contributed by atoms with Gasteiger partial charge < -0.3 is 20.9 Å². The maximum atomic E-state index is 15.0. The maximum absolute atomic E-state index is 15.0. The van der Waals surface area contributed by atoms with Crippen molar-refractivity contribution in [2.24, 2.45) is 11.8 Å². The summed E-state index contributed by atoms with van der Waals surface area (Å²) in [7, 11) is -4.25. The van der Waals surface area contributed by atoms with Crippen LogP contribution in [0, 0.1) is 11.8 Å². The zero-order valence-corrected chi connectivity index (χ0v) is 22.7. The van der Waals surface area contributed by atoms with E-state index in [-0.39, 0.29) is 25.3 Å². The Morgan fingerprint density at radius 2 is 2.03 bits per heavy atom. The van der Waals surface area contributed by atoms with Gasteiger partial charge in [-0.25, -0.2) is 17.2 Å². The smallest absolute Gasteiger partial charge is 0.255 e. The highest BCUT2D eigenvalue weighted by molar-refractivity contribution is 7.94. The van der Waals surface area contributed by atoms with Crippen LogP contribution in [-0.4, -0.2) is 74.4 Å². The first-order valence-corrected chi connectivity index (χ1v) is 14.9. The molecule has 3 aliphatic heterocycles. The number of nitrogens with one attached hydrogen (secondary N) is 3. The predicted molar refractivity (Wildman–Crippen MR) is 138 cm³/mol. The topological polar surface area (TPSA) is 125 Å². The Balaban J connectivity index is 1.58. The normalized spacial score (nSPS) is 27.2. The van der Waals surface area contributed by atoms with Gasteiger partial charge in [0.1, 0.15) is 6.04 Å². The van der Waals surface area contributed by atoms with Gasteiger partial charge in [0.25, 0.3) is 5.92 Å². The first-order valence-electron chi connectivity index (χ1n) is 12.6. The van der Waals surface area contributed by atoms with E-state index in [4.69, 9.17) is 11.6 Å².